The Morgan fingerprint density at radius 1 is 1.50 bits per heavy atom. The molecular formula is C9H14O3. The first kappa shape index (κ1) is 9.29. The standard InChI is InChI=1S/C9H14O3/c1-9(2,10)8-5-4-7(12-8)6-11-3/h4-5,10H,6H2,1-3H3. The predicted molar refractivity (Wildman–Crippen MR) is 44.7 cm³/mol. The highest BCUT2D eigenvalue weighted by molar-refractivity contribution is 5.11. The van der Waals surface area contributed by atoms with Crippen LogP contribution in [0.4, 0.5) is 0 Å². The van der Waals surface area contributed by atoms with Crippen molar-refractivity contribution in [2.45, 2.75) is 26.1 Å². The first-order chi connectivity index (χ1) is 5.54. The SMILES string of the molecule is COCc1ccc(C(C)(C)O)o1. The van der Waals surface area contributed by atoms with Gasteiger partial charge in [0.25, 0.3) is 0 Å². The zero-order chi connectivity index (χ0) is 9.19. The van der Waals surface area contributed by atoms with Crippen molar-refractivity contribution >= 4 is 0 Å². The van der Waals surface area contributed by atoms with E-state index in [0.29, 0.717) is 12.4 Å². The van der Waals surface area contributed by atoms with Crippen molar-refractivity contribution in [3.05, 3.63) is 23.7 Å². The lowest BCUT2D eigenvalue weighted by Gasteiger charge is -2.12. The molecule has 12 heavy (non-hydrogen) atoms. The summed E-state index contributed by atoms with van der Waals surface area (Å²) in [6.07, 6.45) is 0. The molecule has 0 unspecified atom stereocenters. The van der Waals surface area contributed by atoms with Gasteiger partial charge in [0.1, 0.15) is 23.7 Å². The van der Waals surface area contributed by atoms with Gasteiger partial charge in [0.15, 0.2) is 0 Å². The fourth-order valence-electron chi connectivity index (χ4n) is 0.927. The van der Waals surface area contributed by atoms with Gasteiger partial charge in [-0.1, -0.05) is 0 Å². The average Bonchev–Trinajstić information content (AvgIpc) is 2.35. The van der Waals surface area contributed by atoms with Gasteiger partial charge in [0.2, 0.25) is 0 Å². The van der Waals surface area contributed by atoms with Crippen LogP contribution in [0.25, 0.3) is 0 Å². The summed E-state index contributed by atoms with van der Waals surface area (Å²) < 4.78 is 10.2. The maximum Gasteiger partial charge on any atom is 0.135 e. The quantitative estimate of drug-likeness (QED) is 0.750. The Labute approximate surface area is 72.0 Å². The van der Waals surface area contributed by atoms with Gasteiger partial charge in [0.05, 0.1) is 0 Å². The molecule has 0 atom stereocenters. The highest BCUT2D eigenvalue weighted by Gasteiger charge is 2.19. The largest absolute Gasteiger partial charge is 0.461 e. The molecule has 0 saturated heterocycles. The Morgan fingerprint density at radius 3 is 2.58 bits per heavy atom. The van der Waals surface area contributed by atoms with Gasteiger partial charge in [0, 0.05) is 7.11 Å². The number of rotatable bonds is 3. The average molecular weight is 170 g/mol. The molecule has 0 bridgehead atoms. The summed E-state index contributed by atoms with van der Waals surface area (Å²) in [6, 6.07) is 3.56. The summed E-state index contributed by atoms with van der Waals surface area (Å²) in [6.45, 7) is 3.81. The van der Waals surface area contributed by atoms with Crippen LogP contribution in [0.2, 0.25) is 0 Å². The number of ether oxygens (including phenoxy) is 1. The summed E-state index contributed by atoms with van der Waals surface area (Å²) in [5, 5.41) is 9.54. The van der Waals surface area contributed by atoms with E-state index in [1.54, 1.807) is 33.1 Å². The third-order valence-electron chi connectivity index (χ3n) is 1.55. The maximum atomic E-state index is 9.54. The summed E-state index contributed by atoms with van der Waals surface area (Å²) in [5.74, 6) is 1.30. The van der Waals surface area contributed by atoms with E-state index in [1.165, 1.54) is 0 Å². The number of aliphatic hydroxyl groups is 1. The fraction of sp³-hybridized carbons (Fsp3) is 0.556. The highest BCUT2D eigenvalue weighted by atomic mass is 16.5. The third kappa shape index (κ3) is 2.09. The van der Waals surface area contributed by atoms with Crippen molar-refractivity contribution in [1.82, 2.24) is 0 Å². The minimum Gasteiger partial charge on any atom is -0.461 e. The summed E-state index contributed by atoms with van der Waals surface area (Å²) in [4.78, 5) is 0. The Kier molecular flexibility index (Phi) is 2.55. The molecule has 0 aliphatic carbocycles. The molecule has 1 rings (SSSR count). The Hall–Kier alpha value is -0.800. The molecule has 1 aromatic rings. The Balaban J connectivity index is 2.77. The molecule has 0 saturated carbocycles. The second kappa shape index (κ2) is 3.29. The zero-order valence-electron chi connectivity index (χ0n) is 7.63. The molecule has 68 valence electrons. The van der Waals surface area contributed by atoms with E-state index in [0.717, 1.165) is 5.76 Å². The van der Waals surface area contributed by atoms with Crippen LogP contribution in [0.1, 0.15) is 25.4 Å². The normalized spacial score (nSPS) is 12.0. The van der Waals surface area contributed by atoms with Crippen LogP contribution in [0.3, 0.4) is 0 Å². The predicted octanol–water partition coefficient (Wildman–Crippen LogP) is 1.65. The first-order valence-electron chi connectivity index (χ1n) is 3.84. The monoisotopic (exact) mass is 170 g/mol. The van der Waals surface area contributed by atoms with E-state index in [4.69, 9.17) is 9.15 Å². The minimum atomic E-state index is -0.911. The number of hydrogen-bond acceptors (Lipinski definition) is 3. The topological polar surface area (TPSA) is 42.6 Å². The minimum absolute atomic E-state index is 0.441. The van der Waals surface area contributed by atoms with E-state index >= 15 is 0 Å². The molecule has 0 amide bonds. The van der Waals surface area contributed by atoms with Gasteiger partial charge in [-0.3, -0.25) is 0 Å². The molecule has 0 fully saturated rings. The summed E-state index contributed by atoms with van der Waals surface area (Å²) in [7, 11) is 1.60. The molecule has 0 radical (unpaired) electrons. The second-order valence-electron chi connectivity index (χ2n) is 3.26. The van der Waals surface area contributed by atoms with Gasteiger partial charge < -0.3 is 14.3 Å². The van der Waals surface area contributed by atoms with Crippen LogP contribution in [0.15, 0.2) is 16.5 Å². The van der Waals surface area contributed by atoms with Crippen molar-refractivity contribution in [2.75, 3.05) is 7.11 Å². The van der Waals surface area contributed by atoms with Crippen molar-refractivity contribution < 1.29 is 14.3 Å². The van der Waals surface area contributed by atoms with E-state index < -0.39 is 5.60 Å². The molecule has 1 heterocycles. The van der Waals surface area contributed by atoms with Crippen molar-refractivity contribution in [1.29, 1.82) is 0 Å². The van der Waals surface area contributed by atoms with Crippen LogP contribution in [-0.2, 0) is 16.9 Å². The zero-order valence-corrected chi connectivity index (χ0v) is 7.63. The van der Waals surface area contributed by atoms with E-state index in [2.05, 4.69) is 0 Å². The Morgan fingerprint density at radius 2 is 2.17 bits per heavy atom. The van der Waals surface area contributed by atoms with Crippen molar-refractivity contribution in [3.63, 3.8) is 0 Å². The number of furan rings is 1. The van der Waals surface area contributed by atoms with Gasteiger partial charge in [-0.25, -0.2) is 0 Å². The second-order valence-corrected chi connectivity index (χ2v) is 3.26. The molecular weight excluding hydrogens is 156 g/mol. The molecule has 0 aromatic carbocycles. The highest BCUT2D eigenvalue weighted by Crippen LogP contribution is 2.21. The van der Waals surface area contributed by atoms with E-state index in [1.807, 2.05) is 0 Å². The van der Waals surface area contributed by atoms with E-state index in [9.17, 15) is 5.11 Å². The molecule has 1 aromatic heterocycles. The van der Waals surface area contributed by atoms with Gasteiger partial charge in [-0.15, -0.1) is 0 Å². The lowest BCUT2D eigenvalue weighted by Crippen LogP contribution is -2.13. The molecule has 0 aliphatic heterocycles. The third-order valence-corrected chi connectivity index (χ3v) is 1.55. The van der Waals surface area contributed by atoms with E-state index in [-0.39, 0.29) is 0 Å². The fourth-order valence-corrected chi connectivity index (χ4v) is 0.927. The van der Waals surface area contributed by atoms with Crippen LogP contribution < -0.4 is 0 Å². The summed E-state index contributed by atoms with van der Waals surface area (Å²) >= 11 is 0. The molecule has 3 heteroatoms. The van der Waals surface area contributed by atoms with Crippen molar-refractivity contribution in [3.8, 4) is 0 Å². The summed E-state index contributed by atoms with van der Waals surface area (Å²) in [5.41, 5.74) is -0.911. The molecule has 3 nitrogen and oxygen atoms in total. The molecule has 1 N–H and O–H groups in total. The molecule has 0 aliphatic rings. The van der Waals surface area contributed by atoms with Gasteiger partial charge in [-0.05, 0) is 26.0 Å². The molecule has 0 spiro atoms. The van der Waals surface area contributed by atoms with Crippen LogP contribution in [-0.4, -0.2) is 12.2 Å². The number of hydrogen-bond donors (Lipinski definition) is 1. The van der Waals surface area contributed by atoms with Crippen molar-refractivity contribution in [2.24, 2.45) is 0 Å². The lowest BCUT2D eigenvalue weighted by atomic mass is 10.1. The van der Waals surface area contributed by atoms with Gasteiger partial charge in [-0.2, -0.15) is 0 Å². The van der Waals surface area contributed by atoms with Crippen LogP contribution >= 0.6 is 0 Å². The van der Waals surface area contributed by atoms with Crippen LogP contribution in [0.5, 0.6) is 0 Å². The maximum absolute atomic E-state index is 9.54. The van der Waals surface area contributed by atoms with Gasteiger partial charge >= 0.3 is 0 Å². The first-order valence-corrected chi connectivity index (χ1v) is 3.84. The smallest absolute Gasteiger partial charge is 0.135 e. The Bertz CT molecular complexity index is 245. The number of methoxy groups -OCH3 is 1. The lowest BCUT2D eigenvalue weighted by molar-refractivity contribution is 0.0498. The van der Waals surface area contributed by atoms with Crippen LogP contribution in [0, 0.1) is 0 Å².